The molecule has 1 aliphatic rings. The summed E-state index contributed by atoms with van der Waals surface area (Å²) in [5.74, 6) is 1.08. The van der Waals surface area contributed by atoms with Crippen LogP contribution in [0.4, 0.5) is 0 Å². The number of thioether (sulfide) groups is 1. The number of hydrogen-bond acceptors (Lipinski definition) is 3. The molecule has 0 radical (unpaired) electrons. The normalized spacial score (nSPS) is 13.4. The maximum Gasteiger partial charge on any atom is 0.169 e. The van der Waals surface area contributed by atoms with Crippen molar-refractivity contribution in [1.29, 1.82) is 0 Å². The van der Waals surface area contributed by atoms with Crippen LogP contribution in [0.1, 0.15) is 0 Å². The van der Waals surface area contributed by atoms with Crippen molar-refractivity contribution >= 4 is 23.4 Å². The monoisotopic (exact) mass is 313 g/mol. The van der Waals surface area contributed by atoms with Gasteiger partial charge in [0.05, 0.1) is 11.4 Å². The van der Waals surface area contributed by atoms with E-state index in [2.05, 4.69) is 15.6 Å². The minimum Gasteiger partial charge on any atom is -0.318 e. The minimum absolute atomic E-state index is 0.731. The molecule has 0 spiro atoms. The fourth-order valence-electron chi connectivity index (χ4n) is 2.62. The molecule has 0 unspecified atom stereocenters. The van der Waals surface area contributed by atoms with Crippen molar-refractivity contribution in [2.75, 3.05) is 5.75 Å². The van der Waals surface area contributed by atoms with E-state index in [9.17, 15) is 0 Å². The van der Waals surface area contributed by atoms with Crippen LogP contribution in [0.25, 0.3) is 22.5 Å². The van der Waals surface area contributed by atoms with Gasteiger partial charge in [-0.3, -0.25) is 4.98 Å². The highest BCUT2D eigenvalue weighted by Crippen LogP contribution is 2.39. The van der Waals surface area contributed by atoms with E-state index in [1.165, 1.54) is 0 Å². The smallest absolute Gasteiger partial charge is 0.169 e. The van der Waals surface area contributed by atoms with E-state index in [1.807, 2.05) is 42.7 Å². The largest absolute Gasteiger partial charge is 0.318 e. The molecule has 21 heavy (non-hydrogen) atoms. The molecular weight excluding hydrogens is 302 g/mol. The fraction of sp³-hybridized carbons (Fsp3) is 0.125. The lowest BCUT2D eigenvalue weighted by Gasteiger charge is -2.08. The van der Waals surface area contributed by atoms with Crippen molar-refractivity contribution in [2.45, 2.75) is 11.7 Å². The van der Waals surface area contributed by atoms with Crippen LogP contribution >= 0.6 is 23.4 Å². The summed E-state index contributed by atoms with van der Waals surface area (Å²) in [4.78, 5) is 8.93. The highest BCUT2D eigenvalue weighted by Gasteiger charge is 2.23. The molecular formula is C16H12ClN3S. The van der Waals surface area contributed by atoms with Crippen LogP contribution in [0.15, 0.2) is 53.9 Å². The van der Waals surface area contributed by atoms with Crippen molar-refractivity contribution in [1.82, 2.24) is 14.5 Å². The van der Waals surface area contributed by atoms with Gasteiger partial charge in [-0.25, -0.2) is 4.98 Å². The van der Waals surface area contributed by atoms with Gasteiger partial charge in [-0.2, -0.15) is 0 Å². The molecule has 104 valence electrons. The van der Waals surface area contributed by atoms with Gasteiger partial charge >= 0.3 is 0 Å². The number of hydrogen-bond donors (Lipinski definition) is 0. The number of nitrogens with zero attached hydrogens (tertiary/aromatic N) is 3. The summed E-state index contributed by atoms with van der Waals surface area (Å²) in [6.07, 6.45) is 3.64. The maximum atomic E-state index is 6.14. The molecule has 0 saturated heterocycles. The number of fused-ring (bicyclic) bond motifs is 1. The van der Waals surface area contributed by atoms with Gasteiger partial charge < -0.3 is 4.57 Å². The zero-order chi connectivity index (χ0) is 14.2. The van der Waals surface area contributed by atoms with E-state index in [1.54, 1.807) is 11.8 Å². The summed E-state index contributed by atoms with van der Waals surface area (Å²) >= 11 is 7.94. The van der Waals surface area contributed by atoms with E-state index in [-0.39, 0.29) is 0 Å². The van der Waals surface area contributed by atoms with Crippen molar-refractivity contribution in [3.05, 3.63) is 53.8 Å². The Bertz CT molecular complexity index is 799. The molecule has 0 bridgehead atoms. The topological polar surface area (TPSA) is 30.7 Å². The average Bonchev–Trinajstić information content (AvgIpc) is 3.08. The highest BCUT2D eigenvalue weighted by atomic mass is 35.5. The van der Waals surface area contributed by atoms with Crippen LogP contribution in [0.3, 0.4) is 0 Å². The van der Waals surface area contributed by atoms with E-state index < -0.39 is 0 Å². The Kier molecular flexibility index (Phi) is 3.20. The van der Waals surface area contributed by atoms with Crippen molar-refractivity contribution < 1.29 is 0 Å². The summed E-state index contributed by atoms with van der Waals surface area (Å²) in [7, 11) is 0. The molecule has 0 fully saturated rings. The number of aromatic nitrogens is 3. The Balaban J connectivity index is 1.96. The maximum absolute atomic E-state index is 6.14. The summed E-state index contributed by atoms with van der Waals surface area (Å²) in [6.45, 7) is 0.991. The van der Waals surface area contributed by atoms with Crippen LogP contribution in [0.5, 0.6) is 0 Å². The third-order valence-electron chi connectivity index (χ3n) is 3.53. The molecule has 0 amide bonds. The van der Waals surface area contributed by atoms with Gasteiger partial charge in [0.1, 0.15) is 0 Å². The fourth-order valence-corrected chi connectivity index (χ4v) is 3.76. The van der Waals surface area contributed by atoms with Gasteiger partial charge in [0.25, 0.3) is 0 Å². The molecule has 1 aromatic carbocycles. The second kappa shape index (κ2) is 5.20. The standard InChI is InChI=1S/C16H12ClN3S/c17-13-3-1-2-12(10-13)14-15(11-4-6-18-7-5-11)20-8-9-21-16(20)19-14/h1-7,10H,8-9H2. The second-order valence-electron chi connectivity index (χ2n) is 4.84. The molecule has 0 aliphatic carbocycles. The predicted octanol–water partition coefficient (Wildman–Crippen LogP) is 4.37. The minimum atomic E-state index is 0.731. The lowest BCUT2D eigenvalue weighted by molar-refractivity contribution is 0.726. The van der Waals surface area contributed by atoms with Crippen LogP contribution in [-0.4, -0.2) is 20.3 Å². The number of halogens is 1. The van der Waals surface area contributed by atoms with Crippen molar-refractivity contribution in [2.24, 2.45) is 0 Å². The molecule has 0 atom stereocenters. The van der Waals surface area contributed by atoms with Gasteiger partial charge in [0.15, 0.2) is 5.16 Å². The number of rotatable bonds is 2. The van der Waals surface area contributed by atoms with Crippen LogP contribution in [0.2, 0.25) is 5.02 Å². The van der Waals surface area contributed by atoms with Gasteiger partial charge in [-0.15, -0.1) is 0 Å². The number of pyridine rings is 1. The zero-order valence-corrected chi connectivity index (χ0v) is 12.7. The Morgan fingerprint density at radius 3 is 2.76 bits per heavy atom. The number of benzene rings is 1. The van der Waals surface area contributed by atoms with Gasteiger partial charge in [0, 0.05) is 40.8 Å². The van der Waals surface area contributed by atoms with Crippen molar-refractivity contribution in [3.8, 4) is 22.5 Å². The molecule has 3 nitrogen and oxygen atoms in total. The van der Waals surface area contributed by atoms with Crippen LogP contribution in [-0.2, 0) is 6.54 Å². The van der Waals surface area contributed by atoms with E-state index in [0.29, 0.717) is 0 Å². The zero-order valence-electron chi connectivity index (χ0n) is 11.2. The third kappa shape index (κ3) is 2.24. The first-order valence-corrected chi connectivity index (χ1v) is 8.09. The van der Waals surface area contributed by atoms with E-state index in [4.69, 9.17) is 16.6 Å². The molecule has 4 rings (SSSR count). The summed E-state index contributed by atoms with van der Waals surface area (Å²) in [6, 6.07) is 11.9. The Hall–Kier alpha value is -1.78. The molecule has 3 heterocycles. The first kappa shape index (κ1) is 12.9. The molecule has 3 aromatic rings. The SMILES string of the molecule is Clc1cccc(-c2nc3n(c2-c2ccncc2)CCS3)c1. The Labute approximate surface area is 132 Å². The Morgan fingerprint density at radius 2 is 1.95 bits per heavy atom. The summed E-state index contributed by atoms with van der Waals surface area (Å²) < 4.78 is 2.29. The molecule has 2 aromatic heterocycles. The average molecular weight is 314 g/mol. The first-order chi connectivity index (χ1) is 10.3. The quantitative estimate of drug-likeness (QED) is 0.704. The first-order valence-electron chi connectivity index (χ1n) is 6.72. The summed E-state index contributed by atoms with van der Waals surface area (Å²) in [5.41, 5.74) is 4.34. The van der Waals surface area contributed by atoms with Gasteiger partial charge in [0.2, 0.25) is 0 Å². The van der Waals surface area contributed by atoms with Crippen LogP contribution < -0.4 is 0 Å². The highest BCUT2D eigenvalue weighted by molar-refractivity contribution is 7.99. The van der Waals surface area contributed by atoms with Crippen LogP contribution in [0, 0.1) is 0 Å². The third-order valence-corrected chi connectivity index (χ3v) is 4.72. The predicted molar refractivity (Wildman–Crippen MR) is 86.6 cm³/mol. The molecule has 0 N–H and O–H groups in total. The second-order valence-corrected chi connectivity index (χ2v) is 6.34. The number of imidazole rings is 1. The van der Waals surface area contributed by atoms with Crippen molar-refractivity contribution in [3.63, 3.8) is 0 Å². The molecule has 5 heteroatoms. The molecule has 0 saturated carbocycles. The van der Waals surface area contributed by atoms with E-state index in [0.717, 1.165) is 45.0 Å². The lowest BCUT2D eigenvalue weighted by atomic mass is 10.1. The molecule has 1 aliphatic heterocycles. The Morgan fingerprint density at radius 1 is 1.10 bits per heavy atom. The summed E-state index contributed by atoms with van der Waals surface area (Å²) in [5, 5.41) is 1.81. The van der Waals surface area contributed by atoms with Gasteiger partial charge in [-0.05, 0) is 24.3 Å². The lowest BCUT2D eigenvalue weighted by Crippen LogP contribution is -1.97. The van der Waals surface area contributed by atoms with E-state index >= 15 is 0 Å². The van der Waals surface area contributed by atoms with Gasteiger partial charge in [-0.1, -0.05) is 35.5 Å².